The second-order valence-electron chi connectivity index (χ2n) is 6.45. The number of rotatable bonds is 7. The number of carbonyl (C=O) groups excluding carboxylic acids is 2. The van der Waals surface area contributed by atoms with E-state index in [0.29, 0.717) is 0 Å². The number of nitrogens with two attached hydrogens (primary N) is 1. The molecular formula is C17H26ClF2N3O2. The first-order valence-corrected chi connectivity index (χ1v) is 7.82. The molecule has 0 radical (unpaired) electrons. The molecule has 4 N–H and O–H groups in total. The Morgan fingerprint density at radius 3 is 2.32 bits per heavy atom. The van der Waals surface area contributed by atoms with Gasteiger partial charge in [-0.25, -0.2) is 8.78 Å². The van der Waals surface area contributed by atoms with Crippen LogP contribution in [0.5, 0.6) is 0 Å². The fourth-order valence-electron chi connectivity index (χ4n) is 2.25. The second-order valence-corrected chi connectivity index (χ2v) is 6.45. The third-order valence-electron chi connectivity index (χ3n) is 4.23. The summed E-state index contributed by atoms with van der Waals surface area (Å²) in [6, 6.07) is 2.14. The molecule has 142 valence electrons. The van der Waals surface area contributed by atoms with E-state index in [1.807, 2.05) is 20.8 Å². The Bertz CT molecular complexity index is 614. The third kappa shape index (κ3) is 6.59. The molecule has 5 nitrogen and oxygen atoms in total. The zero-order chi connectivity index (χ0) is 18.5. The summed E-state index contributed by atoms with van der Waals surface area (Å²) in [5, 5.41) is 5.36. The molecular weight excluding hydrogens is 352 g/mol. The zero-order valence-corrected chi connectivity index (χ0v) is 15.7. The molecule has 0 spiro atoms. The highest BCUT2D eigenvalue weighted by atomic mass is 35.5. The number of benzene rings is 1. The summed E-state index contributed by atoms with van der Waals surface area (Å²) >= 11 is 0. The van der Waals surface area contributed by atoms with Crippen molar-refractivity contribution in [1.82, 2.24) is 10.6 Å². The van der Waals surface area contributed by atoms with Gasteiger partial charge in [0.2, 0.25) is 11.8 Å². The van der Waals surface area contributed by atoms with Gasteiger partial charge in [-0.2, -0.15) is 0 Å². The maximum atomic E-state index is 14.0. The lowest BCUT2D eigenvalue weighted by molar-refractivity contribution is -0.124. The van der Waals surface area contributed by atoms with Crippen molar-refractivity contribution in [3.05, 3.63) is 35.4 Å². The molecule has 2 atom stereocenters. The largest absolute Gasteiger partial charge is 0.349 e. The minimum Gasteiger partial charge on any atom is -0.349 e. The number of carbonyl (C=O) groups is 2. The molecule has 0 aliphatic heterocycles. The van der Waals surface area contributed by atoms with E-state index in [-0.39, 0.29) is 42.8 Å². The van der Waals surface area contributed by atoms with Crippen LogP contribution >= 0.6 is 12.4 Å². The van der Waals surface area contributed by atoms with Gasteiger partial charge in [-0.1, -0.05) is 19.9 Å². The van der Waals surface area contributed by atoms with Crippen molar-refractivity contribution in [3.8, 4) is 0 Å². The lowest BCUT2D eigenvalue weighted by Gasteiger charge is -2.34. The van der Waals surface area contributed by atoms with Crippen molar-refractivity contribution < 1.29 is 18.4 Å². The van der Waals surface area contributed by atoms with Gasteiger partial charge in [0.1, 0.15) is 11.6 Å². The van der Waals surface area contributed by atoms with E-state index in [9.17, 15) is 18.4 Å². The molecule has 1 rings (SSSR count). The van der Waals surface area contributed by atoms with Crippen molar-refractivity contribution in [2.75, 3.05) is 6.54 Å². The van der Waals surface area contributed by atoms with Crippen molar-refractivity contribution in [2.45, 2.75) is 45.7 Å². The summed E-state index contributed by atoms with van der Waals surface area (Å²) in [6.07, 6.45) is -0.176. The first-order chi connectivity index (χ1) is 11.1. The molecule has 1 aromatic carbocycles. The number of nitrogens with one attached hydrogen (secondary N) is 2. The zero-order valence-electron chi connectivity index (χ0n) is 14.9. The number of halogens is 3. The first-order valence-electron chi connectivity index (χ1n) is 7.82. The molecule has 0 aliphatic carbocycles. The fourth-order valence-corrected chi connectivity index (χ4v) is 2.25. The third-order valence-corrected chi connectivity index (χ3v) is 4.23. The van der Waals surface area contributed by atoms with Gasteiger partial charge in [0.25, 0.3) is 0 Å². The van der Waals surface area contributed by atoms with Gasteiger partial charge in [-0.3, -0.25) is 9.59 Å². The highest BCUT2D eigenvalue weighted by molar-refractivity contribution is 5.85. The van der Waals surface area contributed by atoms with E-state index < -0.39 is 29.1 Å². The van der Waals surface area contributed by atoms with Crippen LogP contribution in [0.1, 0.15) is 45.7 Å². The van der Waals surface area contributed by atoms with Gasteiger partial charge in [-0.15, -0.1) is 12.4 Å². The summed E-state index contributed by atoms with van der Waals surface area (Å²) in [4.78, 5) is 23.7. The van der Waals surface area contributed by atoms with E-state index in [0.717, 1.165) is 12.1 Å². The molecule has 8 heteroatoms. The standard InChI is InChI=1S/C17H25F2N3O2.ClH/c1-10(2)17(4,9-20)22-16(24)8-15(21-11(3)23)13-6-5-12(18)7-14(13)19;/h5-7,10,15H,8-9,20H2,1-4H3,(H,21,23)(H,22,24);1H. The summed E-state index contributed by atoms with van der Waals surface area (Å²) in [5.41, 5.74) is 5.18. The quantitative estimate of drug-likeness (QED) is 0.682. The minimum absolute atomic E-state index is 0. The van der Waals surface area contributed by atoms with Gasteiger partial charge < -0.3 is 16.4 Å². The molecule has 0 fully saturated rings. The summed E-state index contributed by atoms with van der Waals surface area (Å²) < 4.78 is 27.1. The molecule has 2 amide bonds. The van der Waals surface area contributed by atoms with Crippen molar-refractivity contribution in [1.29, 1.82) is 0 Å². The second kappa shape index (κ2) is 9.68. The van der Waals surface area contributed by atoms with Crippen LogP contribution in [-0.2, 0) is 9.59 Å². The van der Waals surface area contributed by atoms with Crippen LogP contribution < -0.4 is 16.4 Å². The molecule has 25 heavy (non-hydrogen) atoms. The Hall–Kier alpha value is -1.73. The van der Waals surface area contributed by atoms with Gasteiger partial charge in [0.05, 0.1) is 18.0 Å². The van der Waals surface area contributed by atoms with E-state index in [1.165, 1.54) is 13.0 Å². The van der Waals surface area contributed by atoms with Gasteiger partial charge in [0, 0.05) is 25.1 Å². The molecule has 0 heterocycles. The lowest BCUT2D eigenvalue weighted by atomic mass is 9.88. The molecule has 0 aromatic heterocycles. The minimum atomic E-state index is -0.891. The molecule has 0 saturated carbocycles. The predicted octanol–water partition coefficient (Wildman–Crippen LogP) is 2.44. The van der Waals surface area contributed by atoms with Crippen LogP contribution in [0.2, 0.25) is 0 Å². The van der Waals surface area contributed by atoms with Crippen molar-refractivity contribution in [2.24, 2.45) is 11.7 Å². The Morgan fingerprint density at radius 2 is 1.88 bits per heavy atom. The van der Waals surface area contributed by atoms with E-state index in [4.69, 9.17) is 5.73 Å². The van der Waals surface area contributed by atoms with Crippen LogP contribution in [0.4, 0.5) is 8.78 Å². The van der Waals surface area contributed by atoms with Gasteiger partial charge in [-0.05, 0) is 18.9 Å². The Labute approximate surface area is 153 Å². The topological polar surface area (TPSA) is 84.2 Å². The van der Waals surface area contributed by atoms with Crippen LogP contribution in [0.3, 0.4) is 0 Å². The predicted molar refractivity (Wildman–Crippen MR) is 95.2 cm³/mol. The average Bonchev–Trinajstić information content (AvgIpc) is 2.45. The van der Waals surface area contributed by atoms with Crippen LogP contribution in [0.15, 0.2) is 18.2 Å². The van der Waals surface area contributed by atoms with Crippen molar-refractivity contribution in [3.63, 3.8) is 0 Å². The molecule has 0 bridgehead atoms. The van der Waals surface area contributed by atoms with Gasteiger partial charge >= 0.3 is 0 Å². The highest BCUT2D eigenvalue weighted by Gasteiger charge is 2.30. The number of hydrogen-bond acceptors (Lipinski definition) is 3. The lowest BCUT2D eigenvalue weighted by Crippen LogP contribution is -2.55. The fraction of sp³-hybridized carbons (Fsp3) is 0.529. The molecule has 1 aromatic rings. The Balaban J connectivity index is 0.00000576. The van der Waals surface area contributed by atoms with Crippen LogP contribution in [0, 0.1) is 17.6 Å². The monoisotopic (exact) mass is 377 g/mol. The smallest absolute Gasteiger partial charge is 0.222 e. The number of hydrogen-bond donors (Lipinski definition) is 3. The SMILES string of the molecule is CC(=O)NC(CC(=O)NC(C)(CN)C(C)C)c1ccc(F)cc1F.Cl. The van der Waals surface area contributed by atoms with Crippen LogP contribution in [-0.4, -0.2) is 23.9 Å². The van der Waals surface area contributed by atoms with Crippen molar-refractivity contribution >= 4 is 24.2 Å². The molecule has 0 aliphatic rings. The summed E-state index contributed by atoms with van der Waals surface area (Å²) in [5.74, 6) is -2.24. The average molecular weight is 378 g/mol. The summed E-state index contributed by atoms with van der Waals surface area (Å²) in [6.45, 7) is 7.19. The van der Waals surface area contributed by atoms with E-state index in [1.54, 1.807) is 0 Å². The first kappa shape index (κ1) is 23.3. The van der Waals surface area contributed by atoms with Crippen LogP contribution in [0.25, 0.3) is 0 Å². The maximum absolute atomic E-state index is 14.0. The van der Waals surface area contributed by atoms with E-state index >= 15 is 0 Å². The maximum Gasteiger partial charge on any atom is 0.222 e. The summed E-state index contributed by atoms with van der Waals surface area (Å²) in [7, 11) is 0. The highest BCUT2D eigenvalue weighted by Crippen LogP contribution is 2.22. The van der Waals surface area contributed by atoms with Gasteiger partial charge in [0.15, 0.2) is 0 Å². The molecule has 0 saturated heterocycles. The Kier molecular flexibility index (Phi) is 9.01. The van der Waals surface area contributed by atoms with E-state index in [2.05, 4.69) is 10.6 Å². The number of amides is 2. The Morgan fingerprint density at radius 1 is 1.28 bits per heavy atom. The molecule has 2 unspecified atom stereocenters. The normalized spacial score (nSPS) is 14.2.